The predicted molar refractivity (Wildman–Crippen MR) is 130 cm³/mol. The minimum absolute atomic E-state index is 0.00827. The molecule has 0 radical (unpaired) electrons. The summed E-state index contributed by atoms with van der Waals surface area (Å²) in [5.41, 5.74) is -0.345. The lowest BCUT2D eigenvalue weighted by Crippen LogP contribution is -2.55. The number of fused-ring (bicyclic) bond motifs is 5. The highest BCUT2D eigenvalue weighted by atomic mass is 16.5. The van der Waals surface area contributed by atoms with Crippen molar-refractivity contribution in [3.05, 3.63) is 0 Å². The number of ether oxygens (including phenoxy) is 1. The van der Waals surface area contributed by atoms with Gasteiger partial charge in [0.05, 0.1) is 36.9 Å². The van der Waals surface area contributed by atoms with E-state index in [-0.39, 0.29) is 52.8 Å². The predicted octanol–water partition coefficient (Wildman–Crippen LogP) is 3.39. The summed E-state index contributed by atoms with van der Waals surface area (Å²) in [6.07, 6.45) is 1.61. The highest BCUT2D eigenvalue weighted by Gasteiger charge is 2.63. The van der Waals surface area contributed by atoms with Crippen LogP contribution in [0.25, 0.3) is 0 Å². The van der Waals surface area contributed by atoms with Crippen LogP contribution in [0.1, 0.15) is 80.1 Å². The van der Waals surface area contributed by atoms with E-state index in [4.69, 9.17) is 4.74 Å². The van der Waals surface area contributed by atoms with E-state index in [9.17, 15) is 25.2 Å². The molecule has 1 saturated heterocycles. The van der Waals surface area contributed by atoms with Crippen LogP contribution in [0.15, 0.2) is 0 Å². The minimum Gasteiger partial charge on any atom is -0.465 e. The van der Waals surface area contributed by atoms with E-state index in [1.807, 2.05) is 6.92 Å². The average molecular weight is 481 g/mol. The first kappa shape index (κ1) is 26.4. The van der Waals surface area contributed by atoms with E-state index in [1.165, 1.54) is 0 Å². The monoisotopic (exact) mass is 480 g/mol. The number of carbonyl (C=O) groups excluding carboxylic acids is 1. The summed E-state index contributed by atoms with van der Waals surface area (Å²) in [6, 6.07) is 0. The van der Waals surface area contributed by atoms with Gasteiger partial charge in [-0.1, -0.05) is 41.5 Å². The van der Waals surface area contributed by atoms with Crippen molar-refractivity contribution in [1.29, 1.82) is 0 Å². The van der Waals surface area contributed by atoms with Gasteiger partial charge in [-0.2, -0.15) is 0 Å². The lowest BCUT2D eigenvalue weighted by atomic mass is 9.48. The number of cyclic esters (lactones) is 1. The molecule has 6 nitrogen and oxygen atoms in total. The molecule has 4 rings (SSSR count). The lowest BCUT2D eigenvalue weighted by Gasteiger charge is -2.56. The molecule has 4 fully saturated rings. The Labute approximate surface area is 205 Å². The van der Waals surface area contributed by atoms with Crippen molar-refractivity contribution in [3.63, 3.8) is 0 Å². The standard InChI is InChI=1S/C28H48O6/c1-14(2)15(3)24(31)25(32)16(4)18-7-8-19-17-13-34-26(33)21-11-22(29)23(30)12-28(21,6)20(17)9-10-27(18,19)5/h14-25,29-32H,7-13H2,1-6H3/t15-,16-,17-,18+,19-,20-,21-,22+,23-,24+,25+,27+,28+/m0/s1. The number of aliphatic hydroxyl groups is 4. The molecular weight excluding hydrogens is 432 g/mol. The van der Waals surface area contributed by atoms with Crippen LogP contribution in [0, 0.1) is 58.2 Å². The summed E-state index contributed by atoms with van der Waals surface area (Å²) < 4.78 is 5.86. The van der Waals surface area contributed by atoms with Gasteiger partial charge >= 0.3 is 5.97 Å². The van der Waals surface area contributed by atoms with Crippen LogP contribution in [-0.2, 0) is 9.53 Å². The van der Waals surface area contributed by atoms with Crippen LogP contribution >= 0.6 is 0 Å². The molecule has 3 aliphatic carbocycles. The minimum atomic E-state index is -0.867. The molecule has 0 spiro atoms. The van der Waals surface area contributed by atoms with Gasteiger partial charge in [0.1, 0.15) is 0 Å². The van der Waals surface area contributed by atoms with Crippen molar-refractivity contribution in [1.82, 2.24) is 0 Å². The molecule has 0 unspecified atom stereocenters. The Balaban J connectivity index is 1.58. The number of esters is 1. The Hall–Kier alpha value is -0.690. The molecule has 4 N–H and O–H groups in total. The molecule has 4 aliphatic rings. The maximum absolute atomic E-state index is 13.0. The Bertz CT molecular complexity index is 755. The summed E-state index contributed by atoms with van der Waals surface area (Å²) in [7, 11) is 0. The van der Waals surface area contributed by atoms with Crippen LogP contribution in [0.3, 0.4) is 0 Å². The number of aliphatic hydroxyl groups excluding tert-OH is 4. The molecule has 0 aromatic heterocycles. The van der Waals surface area contributed by atoms with E-state index >= 15 is 0 Å². The third-order valence-corrected chi connectivity index (χ3v) is 11.5. The first-order valence-electron chi connectivity index (χ1n) is 13.7. The molecule has 0 aromatic carbocycles. The molecule has 34 heavy (non-hydrogen) atoms. The van der Waals surface area contributed by atoms with Gasteiger partial charge in [0, 0.05) is 0 Å². The van der Waals surface area contributed by atoms with E-state index in [0.29, 0.717) is 30.8 Å². The fourth-order valence-corrected chi connectivity index (χ4v) is 8.95. The van der Waals surface area contributed by atoms with E-state index in [2.05, 4.69) is 34.6 Å². The fraction of sp³-hybridized carbons (Fsp3) is 0.964. The van der Waals surface area contributed by atoms with Gasteiger partial charge in [0.2, 0.25) is 0 Å². The molecule has 0 aromatic rings. The second-order valence-electron chi connectivity index (χ2n) is 13.3. The molecule has 3 saturated carbocycles. The van der Waals surface area contributed by atoms with Gasteiger partial charge in [-0.05, 0) is 90.8 Å². The van der Waals surface area contributed by atoms with Crippen LogP contribution < -0.4 is 0 Å². The van der Waals surface area contributed by atoms with Gasteiger partial charge in [-0.25, -0.2) is 0 Å². The Morgan fingerprint density at radius 1 is 0.912 bits per heavy atom. The maximum Gasteiger partial charge on any atom is 0.309 e. The Kier molecular flexibility index (Phi) is 7.23. The quantitative estimate of drug-likeness (QED) is 0.450. The fourth-order valence-electron chi connectivity index (χ4n) is 8.95. The van der Waals surface area contributed by atoms with Gasteiger partial charge in [-0.15, -0.1) is 0 Å². The molecule has 196 valence electrons. The highest BCUT2D eigenvalue weighted by molar-refractivity contribution is 5.74. The normalized spacial score (nSPS) is 48.1. The molecule has 1 heterocycles. The lowest BCUT2D eigenvalue weighted by molar-refractivity contribution is -0.162. The first-order chi connectivity index (χ1) is 15.8. The molecule has 0 amide bonds. The van der Waals surface area contributed by atoms with Crippen molar-refractivity contribution in [2.75, 3.05) is 6.61 Å². The zero-order chi connectivity index (χ0) is 25.2. The second kappa shape index (κ2) is 9.32. The van der Waals surface area contributed by atoms with E-state index in [0.717, 1.165) is 25.7 Å². The summed E-state index contributed by atoms with van der Waals surface area (Å²) in [5.74, 6) is 0.948. The van der Waals surface area contributed by atoms with Crippen LogP contribution in [0.2, 0.25) is 0 Å². The third-order valence-electron chi connectivity index (χ3n) is 11.5. The SMILES string of the molecule is CC(C)[C@H](C)[C@@H](O)[C@H](O)[C@@H](C)[C@H]1CC[C@H]2[C@@H]3COC(=O)[C@@H]4C[C@@H](O)[C@@H](O)C[C@]4(C)[C@H]3CC[C@]12C. The smallest absolute Gasteiger partial charge is 0.309 e. The average Bonchev–Trinajstić information content (AvgIpc) is 3.09. The van der Waals surface area contributed by atoms with Gasteiger partial charge in [0.25, 0.3) is 0 Å². The summed E-state index contributed by atoms with van der Waals surface area (Å²) in [4.78, 5) is 13.0. The van der Waals surface area contributed by atoms with Gasteiger partial charge in [0.15, 0.2) is 0 Å². The van der Waals surface area contributed by atoms with Gasteiger partial charge in [-0.3, -0.25) is 4.79 Å². The third kappa shape index (κ3) is 4.05. The molecular formula is C28H48O6. The number of hydrogen-bond acceptors (Lipinski definition) is 6. The van der Waals surface area contributed by atoms with Crippen molar-refractivity contribution >= 4 is 5.97 Å². The van der Waals surface area contributed by atoms with Crippen molar-refractivity contribution in [3.8, 4) is 0 Å². The maximum atomic E-state index is 13.0. The molecule has 1 aliphatic heterocycles. The van der Waals surface area contributed by atoms with Crippen molar-refractivity contribution in [2.24, 2.45) is 58.2 Å². The van der Waals surface area contributed by atoms with Crippen LogP contribution in [-0.4, -0.2) is 57.4 Å². The Morgan fingerprint density at radius 3 is 2.21 bits per heavy atom. The van der Waals surface area contributed by atoms with E-state index in [1.54, 1.807) is 0 Å². The number of rotatable bonds is 5. The van der Waals surface area contributed by atoms with E-state index < -0.39 is 24.4 Å². The molecule has 6 heteroatoms. The number of hydrogen-bond donors (Lipinski definition) is 4. The Morgan fingerprint density at radius 2 is 1.56 bits per heavy atom. The first-order valence-corrected chi connectivity index (χ1v) is 13.7. The zero-order valence-corrected chi connectivity index (χ0v) is 22.0. The summed E-state index contributed by atoms with van der Waals surface area (Å²) in [6.45, 7) is 13.2. The topological polar surface area (TPSA) is 107 Å². The van der Waals surface area contributed by atoms with Crippen LogP contribution in [0.4, 0.5) is 0 Å². The largest absolute Gasteiger partial charge is 0.465 e. The molecule has 0 bridgehead atoms. The second-order valence-corrected chi connectivity index (χ2v) is 13.3. The molecule has 13 atom stereocenters. The highest BCUT2D eigenvalue weighted by Crippen LogP contribution is 2.66. The van der Waals surface area contributed by atoms with Crippen molar-refractivity contribution in [2.45, 2.75) is 104 Å². The van der Waals surface area contributed by atoms with Crippen LogP contribution in [0.5, 0.6) is 0 Å². The summed E-state index contributed by atoms with van der Waals surface area (Å²) in [5, 5.41) is 42.9. The zero-order valence-electron chi connectivity index (χ0n) is 22.0. The van der Waals surface area contributed by atoms with Gasteiger partial charge < -0.3 is 25.2 Å². The number of carbonyl (C=O) groups is 1. The van der Waals surface area contributed by atoms with Crippen molar-refractivity contribution < 1.29 is 30.0 Å². The summed E-state index contributed by atoms with van der Waals surface area (Å²) >= 11 is 0.